The SMILES string of the molecule is CCCCCCCCCCCCCCCCCCCC=CCCCCCCC(=O)O. The highest BCUT2D eigenvalue weighted by Crippen LogP contribution is 2.14. The number of allylic oxidation sites excluding steroid dienone is 2. The molecule has 0 fully saturated rings. The average molecular weight is 423 g/mol. The minimum absolute atomic E-state index is 0.329. The lowest BCUT2D eigenvalue weighted by atomic mass is 10.0. The van der Waals surface area contributed by atoms with Crippen molar-refractivity contribution in [3.05, 3.63) is 12.2 Å². The third-order valence-electron chi connectivity index (χ3n) is 6.15. The molecule has 1 N–H and O–H groups in total. The van der Waals surface area contributed by atoms with Gasteiger partial charge in [0, 0.05) is 6.42 Å². The first-order valence-electron chi connectivity index (χ1n) is 13.6. The molecule has 30 heavy (non-hydrogen) atoms. The summed E-state index contributed by atoms with van der Waals surface area (Å²) in [6, 6.07) is 0. The van der Waals surface area contributed by atoms with Gasteiger partial charge >= 0.3 is 5.97 Å². The second-order valence-corrected chi connectivity index (χ2v) is 9.26. The van der Waals surface area contributed by atoms with Crippen molar-refractivity contribution in [2.75, 3.05) is 0 Å². The predicted octanol–water partition coefficient (Wildman–Crippen LogP) is 10.0. The second-order valence-electron chi connectivity index (χ2n) is 9.26. The van der Waals surface area contributed by atoms with E-state index in [1.807, 2.05) is 0 Å². The molecule has 0 aromatic rings. The number of rotatable bonds is 25. The number of carboxylic acid groups (broad SMARTS) is 1. The molecule has 0 amide bonds. The molecular formula is C28H54O2. The number of hydrogen-bond acceptors (Lipinski definition) is 1. The zero-order valence-electron chi connectivity index (χ0n) is 20.5. The van der Waals surface area contributed by atoms with E-state index in [4.69, 9.17) is 5.11 Å². The topological polar surface area (TPSA) is 37.3 Å². The summed E-state index contributed by atoms with van der Waals surface area (Å²) in [6.45, 7) is 2.29. The van der Waals surface area contributed by atoms with E-state index in [9.17, 15) is 4.79 Å². The number of carboxylic acids is 1. The van der Waals surface area contributed by atoms with Crippen LogP contribution < -0.4 is 0 Å². The van der Waals surface area contributed by atoms with Gasteiger partial charge in [0.2, 0.25) is 0 Å². The lowest BCUT2D eigenvalue weighted by molar-refractivity contribution is -0.137. The van der Waals surface area contributed by atoms with E-state index >= 15 is 0 Å². The summed E-state index contributed by atoms with van der Waals surface area (Å²) in [6.07, 6.45) is 36.0. The largest absolute Gasteiger partial charge is 0.481 e. The van der Waals surface area contributed by atoms with Crippen molar-refractivity contribution in [2.24, 2.45) is 0 Å². The van der Waals surface area contributed by atoms with Gasteiger partial charge in [-0.15, -0.1) is 0 Å². The van der Waals surface area contributed by atoms with Gasteiger partial charge in [0.05, 0.1) is 0 Å². The van der Waals surface area contributed by atoms with Crippen molar-refractivity contribution in [1.29, 1.82) is 0 Å². The van der Waals surface area contributed by atoms with Gasteiger partial charge in [-0.2, -0.15) is 0 Å². The Kier molecular flexibility index (Phi) is 25.6. The molecule has 0 aromatic carbocycles. The first kappa shape index (κ1) is 29.2. The fraction of sp³-hybridized carbons (Fsp3) is 0.893. The monoisotopic (exact) mass is 422 g/mol. The Morgan fingerprint density at radius 1 is 0.500 bits per heavy atom. The van der Waals surface area contributed by atoms with Crippen LogP contribution in [0.5, 0.6) is 0 Å². The number of unbranched alkanes of at least 4 members (excludes halogenated alkanes) is 21. The molecule has 0 radical (unpaired) electrons. The highest BCUT2D eigenvalue weighted by molar-refractivity contribution is 5.66. The summed E-state index contributed by atoms with van der Waals surface area (Å²) in [7, 11) is 0. The van der Waals surface area contributed by atoms with Crippen molar-refractivity contribution in [2.45, 2.75) is 161 Å². The minimum Gasteiger partial charge on any atom is -0.481 e. The maximum Gasteiger partial charge on any atom is 0.303 e. The van der Waals surface area contributed by atoms with Gasteiger partial charge in [0.1, 0.15) is 0 Å². The molecule has 0 heterocycles. The van der Waals surface area contributed by atoms with Crippen molar-refractivity contribution in [3.63, 3.8) is 0 Å². The van der Waals surface area contributed by atoms with Gasteiger partial charge in [0.25, 0.3) is 0 Å². The lowest BCUT2D eigenvalue weighted by Gasteiger charge is -2.03. The zero-order valence-corrected chi connectivity index (χ0v) is 20.5. The van der Waals surface area contributed by atoms with Crippen LogP contribution in [0, 0.1) is 0 Å². The molecule has 0 aliphatic heterocycles. The van der Waals surface area contributed by atoms with E-state index in [1.165, 1.54) is 122 Å². The Morgan fingerprint density at radius 2 is 0.800 bits per heavy atom. The van der Waals surface area contributed by atoms with Crippen molar-refractivity contribution < 1.29 is 9.90 Å². The normalized spacial score (nSPS) is 11.5. The minimum atomic E-state index is -0.663. The average Bonchev–Trinajstić information content (AvgIpc) is 2.73. The maximum absolute atomic E-state index is 10.4. The molecule has 0 saturated heterocycles. The Morgan fingerprint density at radius 3 is 1.13 bits per heavy atom. The molecule has 0 atom stereocenters. The molecule has 0 aromatic heterocycles. The molecule has 0 saturated carbocycles. The van der Waals surface area contributed by atoms with E-state index in [1.54, 1.807) is 0 Å². The molecule has 2 heteroatoms. The molecule has 0 aliphatic carbocycles. The molecule has 2 nitrogen and oxygen atoms in total. The third kappa shape index (κ3) is 27.2. The Balaban J connectivity index is 3.07. The van der Waals surface area contributed by atoms with Gasteiger partial charge in [-0.05, 0) is 32.1 Å². The first-order chi connectivity index (χ1) is 14.8. The van der Waals surface area contributed by atoms with Crippen LogP contribution in [-0.2, 0) is 4.79 Å². The number of aliphatic carboxylic acids is 1. The molecule has 0 unspecified atom stereocenters. The van der Waals surface area contributed by atoms with E-state index in [2.05, 4.69) is 19.1 Å². The van der Waals surface area contributed by atoms with Crippen LogP contribution in [0.2, 0.25) is 0 Å². The quantitative estimate of drug-likeness (QED) is 0.117. The fourth-order valence-corrected chi connectivity index (χ4v) is 4.11. The van der Waals surface area contributed by atoms with Gasteiger partial charge in [-0.25, -0.2) is 0 Å². The Bertz CT molecular complexity index is 362. The van der Waals surface area contributed by atoms with Crippen LogP contribution >= 0.6 is 0 Å². The molecular weight excluding hydrogens is 368 g/mol. The van der Waals surface area contributed by atoms with Gasteiger partial charge in [-0.3, -0.25) is 4.79 Å². The van der Waals surface area contributed by atoms with Gasteiger partial charge < -0.3 is 5.11 Å². The van der Waals surface area contributed by atoms with Crippen molar-refractivity contribution >= 4 is 5.97 Å². The number of carbonyl (C=O) groups is 1. The maximum atomic E-state index is 10.4. The highest BCUT2D eigenvalue weighted by Gasteiger charge is 1.96. The summed E-state index contributed by atoms with van der Waals surface area (Å²) in [5, 5.41) is 8.59. The molecule has 0 aliphatic rings. The summed E-state index contributed by atoms with van der Waals surface area (Å²) >= 11 is 0. The van der Waals surface area contributed by atoms with Gasteiger partial charge in [-0.1, -0.05) is 135 Å². The Labute approximate surface area is 189 Å². The van der Waals surface area contributed by atoms with Gasteiger partial charge in [0.15, 0.2) is 0 Å². The summed E-state index contributed by atoms with van der Waals surface area (Å²) in [4.78, 5) is 10.4. The highest BCUT2D eigenvalue weighted by atomic mass is 16.4. The fourth-order valence-electron chi connectivity index (χ4n) is 4.11. The molecule has 0 bridgehead atoms. The summed E-state index contributed by atoms with van der Waals surface area (Å²) < 4.78 is 0. The van der Waals surface area contributed by atoms with Crippen molar-refractivity contribution in [3.8, 4) is 0 Å². The second kappa shape index (κ2) is 26.2. The van der Waals surface area contributed by atoms with E-state index in [0.717, 1.165) is 25.7 Å². The van der Waals surface area contributed by atoms with Crippen LogP contribution in [-0.4, -0.2) is 11.1 Å². The van der Waals surface area contributed by atoms with Crippen molar-refractivity contribution in [1.82, 2.24) is 0 Å². The van der Waals surface area contributed by atoms with Crippen LogP contribution in [0.3, 0.4) is 0 Å². The summed E-state index contributed by atoms with van der Waals surface area (Å²) in [5.41, 5.74) is 0. The van der Waals surface area contributed by atoms with E-state index < -0.39 is 5.97 Å². The third-order valence-corrected chi connectivity index (χ3v) is 6.15. The molecule has 178 valence electrons. The lowest BCUT2D eigenvalue weighted by Crippen LogP contribution is -1.93. The molecule has 0 spiro atoms. The van der Waals surface area contributed by atoms with Crippen LogP contribution in [0.15, 0.2) is 12.2 Å². The van der Waals surface area contributed by atoms with E-state index in [-0.39, 0.29) is 0 Å². The predicted molar refractivity (Wildman–Crippen MR) is 133 cm³/mol. The Hall–Kier alpha value is -0.790. The standard InChI is InChI=1S/C28H54O2/c1-2-3-4-5-6-7-8-9-10-11-12-13-14-15-16-17-18-19-20-21-22-23-24-25-26-27-28(29)30/h20-21H,2-19,22-27H2,1H3,(H,29,30). The summed E-state index contributed by atoms with van der Waals surface area (Å²) in [5.74, 6) is -0.663. The smallest absolute Gasteiger partial charge is 0.303 e. The van der Waals surface area contributed by atoms with E-state index in [0.29, 0.717) is 6.42 Å². The zero-order chi connectivity index (χ0) is 22.0. The van der Waals surface area contributed by atoms with Crippen LogP contribution in [0.1, 0.15) is 161 Å². The molecule has 0 rings (SSSR count). The van der Waals surface area contributed by atoms with Crippen LogP contribution in [0.4, 0.5) is 0 Å². The van der Waals surface area contributed by atoms with Crippen LogP contribution in [0.25, 0.3) is 0 Å². The number of hydrogen-bond donors (Lipinski definition) is 1. The first-order valence-corrected chi connectivity index (χ1v) is 13.6.